The highest BCUT2D eigenvalue weighted by Gasteiger charge is 2.29. The smallest absolute Gasteiger partial charge is 0.261 e. The summed E-state index contributed by atoms with van der Waals surface area (Å²) in [6.45, 7) is 2.69. The van der Waals surface area contributed by atoms with Crippen LogP contribution in [0.2, 0.25) is 0 Å². The number of aryl methyl sites for hydroxylation is 1. The molecule has 1 aromatic heterocycles. The molecule has 0 saturated carbocycles. The lowest BCUT2D eigenvalue weighted by Crippen LogP contribution is -2.41. The lowest BCUT2D eigenvalue weighted by atomic mass is 9.95. The molecule has 11 heteroatoms. The highest BCUT2D eigenvalue weighted by atomic mass is 32.2. The van der Waals surface area contributed by atoms with Crippen molar-refractivity contribution >= 4 is 44.0 Å². The highest BCUT2D eigenvalue weighted by Crippen LogP contribution is 2.23. The zero-order valence-electron chi connectivity index (χ0n) is 17.9. The van der Waals surface area contributed by atoms with Gasteiger partial charge in [0.15, 0.2) is 0 Å². The summed E-state index contributed by atoms with van der Waals surface area (Å²) in [7, 11) is -3.85. The number of likely N-dealkylation sites (tertiary alicyclic amines) is 1. The Kier molecular flexibility index (Phi) is 6.70. The Balaban J connectivity index is 1.40. The number of carbonyl (C=O) groups excluding carboxylic acids is 2. The lowest BCUT2D eigenvalue weighted by molar-refractivity contribution is -0.121. The Hall–Kier alpha value is -3.31. The van der Waals surface area contributed by atoms with Gasteiger partial charge in [-0.25, -0.2) is 8.42 Å². The van der Waals surface area contributed by atoms with Crippen LogP contribution < -0.4 is 10.0 Å². The molecule has 33 heavy (non-hydrogen) atoms. The Labute approximate surface area is 195 Å². The molecular weight excluding hydrogens is 462 g/mol. The average Bonchev–Trinajstić information content (AvgIpc) is 3.31. The van der Waals surface area contributed by atoms with Gasteiger partial charge in [-0.15, -0.1) is 10.2 Å². The number of anilines is 2. The molecule has 0 bridgehead atoms. The summed E-state index contributed by atoms with van der Waals surface area (Å²) < 4.78 is 28.2. The van der Waals surface area contributed by atoms with Crippen LogP contribution in [0.1, 0.15) is 28.8 Å². The van der Waals surface area contributed by atoms with Gasteiger partial charge in [0.2, 0.25) is 11.0 Å². The van der Waals surface area contributed by atoms with Crippen LogP contribution in [0.4, 0.5) is 10.8 Å². The second-order valence-corrected chi connectivity index (χ2v) is 10.3. The molecule has 0 atom stereocenters. The van der Waals surface area contributed by atoms with Gasteiger partial charge in [0.05, 0.1) is 4.90 Å². The molecule has 1 aliphatic rings. The summed E-state index contributed by atoms with van der Waals surface area (Å²) in [6.07, 6.45) is 1.03. The first-order valence-electron chi connectivity index (χ1n) is 10.4. The van der Waals surface area contributed by atoms with E-state index in [1.165, 1.54) is 23.5 Å². The Bertz CT molecular complexity index is 1250. The number of sulfonamides is 1. The van der Waals surface area contributed by atoms with E-state index in [1.54, 1.807) is 40.7 Å². The summed E-state index contributed by atoms with van der Waals surface area (Å²) in [5, 5.41) is 10.7. The van der Waals surface area contributed by atoms with Crippen LogP contribution in [0.5, 0.6) is 0 Å². The fraction of sp³-hybridized carbons (Fsp3) is 0.273. The number of nitrogens with zero attached hydrogens (tertiary/aromatic N) is 3. The summed E-state index contributed by atoms with van der Waals surface area (Å²) in [5.41, 5.74) is 3.22. The second-order valence-electron chi connectivity index (χ2n) is 7.80. The van der Waals surface area contributed by atoms with Crippen molar-refractivity contribution in [1.82, 2.24) is 15.1 Å². The summed E-state index contributed by atoms with van der Waals surface area (Å²) in [6, 6.07) is 13.0. The maximum atomic E-state index is 13.0. The van der Waals surface area contributed by atoms with Gasteiger partial charge in [-0.1, -0.05) is 29.5 Å². The Morgan fingerprint density at radius 3 is 2.55 bits per heavy atom. The number of piperidine rings is 1. The van der Waals surface area contributed by atoms with Crippen molar-refractivity contribution in [3.63, 3.8) is 0 Å². The van der Waals surface area contributed by atoms with E-state index >= 15 is 0 Å². The standard InChI is InChI=1S/C22H23N5O4S2/c1-15-4-2-6-18(12-15)26-33(30,31)19-7-3-5-17(13-19)21(29)27-10-8-16(9-11-27)20(28)24-22-25-23-14-32-22/h2-7,12-14,16,26H,8-11H2,1H3,(H,24,25,28). The molecule has 1 fully saturated rings. The van der Waals surface area contributed by atoms with Crippen molar-refractivity contribution in [1.29, 1.82) is 0 Å². The number of aromatic nitrogens is 2. The summed E-state index contributed by atoms with van der Waals surface area (Å²) >= 11 is 1.25. The van der Waals surface area contributed by atoms with Crippen molar-refractivity contribution in [2.75, 3.05) is 23.1 Å². The van der Waals surface area contributed by atoms with E-state index in [9.17, 15) is 18.0 Å². The minimum absolute atomic E-state index is 0.0150. The number of amides is 2. The van der Waals surface area contributed by atoms with Crippen molar-refractivity contribution < 1.29 is 18.0 Å². The van der Waals surface area contributed by atoms with Crippen LogP contribution in [0.3, 0.4) is 0 Å². The minimum Gasteiger partial charge on any atom is -0.339 e. The molecule has 2 aromatic carbocycles. The molecular formula is C22H23N5O4S2. The average molecular weight is 486 g/mol. The van der Waals surface area contributed by atoms with Crippen molar-refractivity contribution in [2.24, 2.45) is 5.92 Å². The number of hydrogen-bond acceptors (Lipinski definition) is 7. The van der Waals surface area contributed by atoms with Crippen LogP contribution >= 0.6 is 11.3 Å². The minimum atomic E-state index is -3.85. The highest BCUT2D eigenvalue weighted by molar-refractivity contribution is 7.92. The first kappa shape index (κ1) is 22.9. The van der Waals surface area contributed by atoms with Crippen LogP contribution in [0.15, 0.2) is 58.9 Å². The van der Waals surface area contributed by atoms with E-state index in [0.717, 1.165) is 5.56 Å². The fourth-order valence-electron chi connectivity index (χ4n) is 3.68. The first-order valence-corrected chi connectivity index (χ1v) is 12.7. The zero-order valence-corrected chi connectivity index (χ0v) is 19.5. The number of rotatable bonds is 6. The molecule has 2 N–H and O–H groups in total. The van der Waals surface area contributed by atoms with E-state index < -0.39 is 10.0 Å². The quantitative estimate of drug-likeness (QED) is 0.553. The number of carbonyl (C=O) groups is 2. The molecule has 0 radical (unpaired) electrons. The van der Waals surface area contributed by atoms with Gasteiger partial charge >= 0.3 is 0 Å². The first-order chi connectivity index (χ1) is 15.8. The molecule has 0 spiro atoms. The van der Waals surface area contributed by atoms with E-state index in [0.29, 0.717) is 42.3 Å². The zero-order chi connectivity index (χ0) is 23.4. The number of benzene rings is 2. The van der Waals surface area contributed by atoms with Crippen molar-refractivity contribution in [3.8, 4) is 0 Å². The number of nitrogens with one attached hydrogen (secondary N) is 2. The van der Waals surface area contributed by atoms with Crippen LogP contribution in [0.25, 0.3) is 0 Å². The number of hydrogen-bond donors (Lipinski definition) is 2. The Morgan fingerprint density at radius 2 is 1.85 bits per heavy atom. The van der Waals surface area contributed by atoms with E-state index in [-0.39, 0.29) is 22.6 Å². The molecule has 0 unspecified atom stereocenters. The third kappa shape index (κ3) is 5.55. The topological polar surface area (TPSA) is 121 Å². The Morgan fingerprint density at radius 1 is 1.09 bits per heavy atom. The summed E-state index contributed by atoms with van der Waals surface area (Å²) in [4.78, 5) is 27.1. The van der Waals surface area contributed by atoms with E-state index in [4.69, 9.17) is 0 Å². The largest absolute Gasteiger partial charge is 0.339 e. The van der Waals surface area contributed by atoms with Gasteiger partial charge in [0.1, 0.15) is 5.51 Å². The molecule has 2 heterocycles. The van der Waals surface area contributed by atoms with Gasteiger partial charge < -0.3 is 10.2 Å². The maximum Gasteiger partial charge on any atom is 0.261 e. The maximum absolute atomic E-state index is 13.0. The van der Waals surface area contributed by atoms with E-state index in [1.807, 2.05) is 13.0 Å². The van der Waals surface area contributed by atoms with Gasteiger partial charge in [-0.3, -0.25) is 14.3 Å². The SMILES string of the molecule is Cc1cccc(NS(=O)(=O)c2cccc(C(=O)N3CCC(C(=O)Nc4nncs4)CC3)c2)c1. The van der Waals surface area contributed by atoms with Crippen LogP contribution in [-0.2, 0) is 14.8 Å². The second kappa shape index (κ2) is 9.67. The van der Waals surface area contributed by atoms with Crippen LogP contribution in [-0.4, -0.2) is 48.4 Å². The molecule has 3 aromatic rings. The van der Waals surface area contributed by atoms with Crippen LogP contribution in [0, 0.1) is 12.8 Å². The van der Waals surface area contributed by atoms with Gasteiger partial charge in [-0.2, -0.15) is 0 Å². The molecule has 9 nitrogen and oxygen atoms in total. The molecule has 2 amide bonds. The predicted octanol–water partition coefficient (Wildman–Crippen LogP) is 3.14. The summed E-state index contributed by atoms with van der Waals surface area (Å²) in [5.74, 6) is -0.608. The van der Waals surface area contributed by atoms with Gasteiger partial charge in [0, 0.05) is 30.3 Å². The molecule has 1 saturated heterocycles. The molecule has 172 valence electrons. The normalized spacial score (nSPS) is 14.6. The molecule has 0 aliphatic carbocycles. The molecule has 4 rings (SSSR count). The molecule has 1 aliphatic heterocycles. The lowest BCUT2D eigenvalue weighted by Gasteiger charge is -2.31. The third-order valence-electron chi connectivity index (χ3n) is 5.40. The third-order valence-corrected chi connectivity index (χ3v) is 7.39. The fourth-order valence-corrected chi connectivity index (χ4v) is 5.22. The monoisotopic (exact) mass is 485 g/mol. The van der Waals surface area contributed by atoms with Crippen molar-refractivity contribution in [2.45, 2.75) is 24.7 Å². The van der Waals surface area contributed by atoms with E-state index in [2.05, 4.69) is 20.2 Å². The van der Waals surface area contributed by atoms with Gasteiger partial charge in [-0.05, 0) is 55.7 Å². The van der Waals surface area contributed by atoms with Crippen molar-refractivity contribution in [3.05, 3.63) is 65.2 Å². The van der Waals surface area contributed by atoms with Gasteiger partial charge in [0.25, 0.3) is 15.9 Å². The predicted molar refractivity (Wildman–Crippen MR) is 126 cm³/mol.